The van der Waals surface area contributed by atoms with E-state index in [2.05, 4.69) is 0 Å². The van der Waals surface area contributed by atoms with Crippen molar-refractivity contribution in [2.24, 2.45) is 11.8 Å². The summed E-state index contributed by atoms with van der Waals surface area (Å²) in [6.45, 7) is 2.47. The summed E-state index contributed by atoms with van der Waals surface area (Å²) in [4.78, 5) is 24.3. The lowest BCUT2D eigenvalue weighted by atomic mass is 9.60. The van der Waals surface area contributed by atoms with E-state index in [-0.39, 0.29) is 29.0 Å². The van der Waals surface area contributed by atoms with Crippen molar-refractivity contribution in [3.63, 3.8) is 0 Å². The monoisotopic (exact) mass is 366 g/mol. The highest BCUT2D eigenvalue weighted by Gasteiger charge is 2.59. The molecule has 1 aromatic carbocycles. The Morgan fingerprint density at radius 2 is 1.96 bits per heavy atom. The zero-order chi connectivity index (χ0) is 19.4. The molecule has 0 saturated heterocycles. The van der Waals surface area contributed by atoms with E-state index >= 15 is 0 Å². The first-order chi connectivity index (χ1) is 12.1. The molecule has 2 aliphatic carbocycles. The molecule has 1 fully saturated rings. The van der Waals surface area contributed by atoms with Crippen molar-refractivity contribution < 1.29 is 39.5 Å². The van der Waals surface area contributed by atoms with E-state index in [0.29, 0.717) is 0 Å². The summed E-state index contributed by atoms with van der Waals surface area (Å²) in [7, 11) is 1.38. The number of ketones is 1. The van der Waals surface area contributed by atoms with Gasteiger partial charge in [0.2, 0.25) is 0 Å². The fourth-order valence-electron chi connectivity index (χ4n) is 4.10. The topological polar surface area (TPSA) is 134 Å². The standard InChI is InChI=1S/C18H22O8/c1-7(19)26-12-6-10-14(17(23)18(12,2)24)16(22)9-4-8(25-3)5-11(20)13(9)15(10)21/h4-5,10,12,14,16-17,20,22-24H,6H2,1-3H3. The number of rotatable bonds is 2. The first-order valence-electron chi connectivity index (χ1n) is 8.30. The smallest absolute Gasteiger partial charge is 0.303 e. The number of esters is 1. The fourth-order valence-corrected chi connectivity index (χ4v) is 4.10. The number of methoxy groups -OCH3 is 1. The lowest BCUT2D eigenvalue weighted by Crippen LogP contribution is -2.63. The van der Waals surface area contributed by atoms with Crippen LogP contribution in [0.15, 0.2) is 12.1 Å². The molecule has 142 valence electrons. The molecule has 1 aromatic rings. The summed E-state index contributed by atoms with van der Waals surface area (Å²) in [6.07, 6.45) is -4.02. The summed E-state index contributed by atoms with van der Waals surface area (Å²) >= 11 is 0. The maximum absolute atomic E-state index is 13.0. The number of phenolic OH excluding ortho intramolecular Hbond substituents is 1. The predicted octanol–water partition coefficient (Wildman–Crippen LogP) is 0.310. The van der Waals surface area contributed by atoms with Crippen LogP contribution in [0.4, 0.5) is 0 Å². The lowest BCUT2D eigenvalue weighted by molar-refractivity contribution is -0.217. The van der Waals surface area contributed by atoms with Crippen molar-refractivity contribution in [1.29, 1.82) is 0 Å². The van der Waals surface area contributed by atoms with E-state index in [9.17, 15) is 30.0 Å². The number of fused-ring (bicyclic) bond motifs is 2. The molecule has 8 nitrogen and oxygen atoms in total. The summed E-state index contributed by atoms with van der Waals surface area (Å²) in [5.41, 5.74) is -1.75. The number of aromatic hydroxyl groups is 1. The number of aliphatic hydroxyl groups excluding tert-OH is 2. The number of benzene rings is 1. The Labute approximate surface area is 150 Å². The summed E-state index contributed by atoms with van der Waals surface area (Å²) in [5.74, 6) is -3.15. The van der Waals surface area contributed by atoms with Gasteiger partial charge < -0.3 is 29.9 Å². The molecule has 26 heavy (non-hydrogen) atoms. The second kappa shape index (κ2) is 6.22. The number of carbonyl (C=O) groups excluding carboxylic acids is 2. The van der Waals surface area contributed by atoms with Gasteiger partial charge in [0.1, 0.15) is 23.2 Å². The van der Waals surface area contributed by atoms with Crippen LogP contribution in [0, 0.1) is 11.8 Å². The molecule has 4 N–H and O–H groups in total. The Morgan fingerprint density at radius 1 is 1.31 bits per heavy atom. The van der Waals surface area contributed by atoms with Crippen LogP contribution in [0.2, 0.25) is 0 Å². The molecule has 0 radical (unpaired) electrons. The van der Waals surface area contributed by atoms with E-state index in [1.807, 2.05) is 0 Å². The number of ether oxygens (including phenoxy) is 2. The minimum absolute atomic E-state index is 0.0464. The number of Topliss-reactive ketones (excluding diaryl/α,β-unsaturated/α-hetero) is 1. The third-order valence-electron chi connectivity index (χ3n) is 5.48. The van der Waals surface area contributed by atoms with Crippen LogP contribution < -0.4 is 4.74 Å². The Morgan fingerprint density at radius 3 is 2.54 bits per heavy atom. The Kier molecular flexibility index (Phi) is 4.46. The third-order valence-corrected chi connectivity index (χ3v) is 5.48. The molecule has 0 aromatic heterocycles. The van der Waals surface area contributed by atoms with Crippen LogP contribution in [0.3, 0.4) is 0 Å². The first-order valence-corrected chi connectivity index (χ1v) is 8.30. The fraction of sp³-hybridized carbons (Fsp3) is 0.556. The SMILES string of the molecule is COc1cc(O)c2c(c1)C(O)C1C(CC(OC(C)=O)C(C)(O)C1O)C2=O. The number of hydrogen-bond donors (Lipinski definition) is 4. The number of phenols is 1. The van der Waals surface area contributed by atoms with E-state index in [1.54, 1.807) is 0 Å². The van der Waals surface area contributed by atoms with Gasteiger partial charge in [-0.3, -0.25) is 9.59 Å². The lowest BCUT2D eigenvalue weighted by Gasteiger charge is -2.50. The Hall–Kier alpha value is -2.16. The zero-order valence-corrected chi connectivity index (χ0v) is 14.7. The summed E-state index contributed by atoms with van der Waals surface area (Å²) in [6, 6.07) is 2.69. The quantitative estimate of drug-likeness (QED) is 0.550. The van der Waals surface area contributed by atoms with Crippen LogP contribution in [0.25, 0.3) is 0 Å². The molecular weight excluding hydrogens is 344 g/mol. The highest BCUT2D eigenvalue weighted by molar-refractivity contribution is 6.03. The molecule has 2 aliphatic rings. The second-order valence-corrected chi connectivity index (χ2v) is 7.11. The second-order valence-electron chi connectivity index (χ2n) is 7.11. The van der Waals surface area contributed by atoms with Crippen molar-refractivity contribution >= 4 is 11.8 Å². The average molecular weight is 366 g/mol. The molecule has 0 aliphatic heterocycles. The van der Waals surface area contributed by atoms with Crippen molar-refractivity contribution in [2.75, 3.05) is 7.11 Å². The minimum atomic E-state index is -1.84. The van der Waals surface area contributed by atoms with Gasteiger partial charge >= 0.3 is 5.97 Å². The van der Waals surface area contributed by atoms with Gasteiger partial charge in [-0.15, -0.1) is 0 Å². The van der Waals surface area contributed by atoms with Gasteiger partial charge in [0.15, 0.2) is 5.78 Å². The Balaban J connectivity index is 2.10. The minimum Gasteiger partial charge on any atom is -0.507 e. The van der Waals surface area contributed by atoms with E-state index < -0.39 is 47.5 Å². The predicted molar refractivity (Wildman–Crippen MR) is 87.7 cm³/mol. The normalized spacial score (nSPS) is 36.1. The summed E-state index contributed by atoms with van der Waals surface area (Å²) < 4.78 is 10.2. The molecule has 8 heteroatoms. The van der Waals surface area contributed by atoms with Crippen LogP contribution in [-0.2, 0) is 9.53 Å². The third kappa shape index (κ3) is 2.65. The van der Waals surface area contributed by atoms with Crippen LogP contribution in [0.5, 0.6) is 11.5 Å². The van der Waals surface area contributed by atoms with Gasteiger partial charge in [-0.25, -0.2) is 0 Å². The molecule has 3 rings (SSSR count). The maximum Gasteiger partial charge on any atom is 0.303 e. The molecule has 0 amide bonds. The molecule has 0 bridgehead atoms. The molecule has 6 atom stereocenters. The van der Waals surface area contributed by atoms with E-state index in [1.165, 1.54) is 33.1 Å². The molecule has 0 heterocycles. The van der Waals surface area contributed by atoms with Gasteiger partial charge in [0, 0.05) is 24.8 Å². The largest absolute Gasteiger partial charge is 0.507 e. The van der Waals surface area contributed by atoms with E-state index in [0.717, 1.165) is 0 Å². The van der Waals surface area contributed by atoms with Gasteiger partial charge in [-0.05, 0) is 25.0 Å². The van der Waals surface area contributed by atoms with Gasteiger partial charge in [-0.1, -0.05) is 0 Å². The van der Waals surface area contributed by atoms with Gasteiger partial charge in [0.25, 0.3) is 0 Å². The van der Waals surface area contributed by atoms with Crippen molar-refractivity contribution in [2.45, 2.75) is 44.2 Å². The van der Waals surface area contributed by atoms with Crippen molar-refractivity contribution in [3.8, 4) is 11.5 Å². The van der Waals surface area contributed by atoms with E-state index in [4.69, 9.17) is 9.47 Å². The van der Waals surface area contributed by atoms with Crippen molar-refractivity contribution in [3.05, 3.63) is 23.3 Å². The molecule has 6 unspecified atom stereocenters. The molecular formula is C18H22O8. The van der Waals surface area contributed by atoms with Crippen LogP contribution in [-0.4, -0.2) is 57.1 Å². The first kappa shape index (κ1) is 18.6. The average Bonchev–Trinajstić information content (AvgIpc) is 2.56. The zero-order valence-electron chi connectivity index (χ0n) is 14.7. The van der Waals surface area contributed by atoms with Crippen molar-refractivity contribution in [1.82, 2.24) is 0 Å². The van der Waals surface area contributed by atoms with Crippen LogP contribution >= 0.6 is 0 Å². The number of hydrogen-bond acceptors (Lipinski definition) is 8. The molecule has 0 spiro atoms. The van der Waals surface area contributed by atoms with Gasteiger partial charge in [0.05, 0.1) is 24.9 Å². The van der Waals surface area contributed by atoms with Crippen LogP contribution in [0.1, 0.15) is 42.3 Å². The highest BCUT2D eigenvalue weighted by atomic mass is 16.6. The van der Waals surface area contributed by atoms with Gasteiger partial charge in [-0.2, -0.15) is 0 Å². The number of carbonyl (C=O) groups is 2. The molecule has 1 saturated carbocycles. The number of aliphatic hydroxyl groups is 3. The highest BCUT2D eigenvalue weighted by Crippen LogP contribution is 2.51. The Bertz CT molecular complexity index is 756. The summed E-state index contributed by atoms with van der Waals surface area (Å²) in [5, 5.41) is 42.4. The maximum atomic E-state index is 13.0.